The lowest BCUT2D eigenvalue weighted by Gasteiger charge is -2.10. The largest absolute Gasteiger partial charge is 0.493 e. The van der Waals surface area contributed by atoms with E-state index in [1.165, 1.54) is 18.2 Å². The van der Waals surface area contributed by atoms with Crippen LogP contribution < -0.4 is 19.5 Å². The van der Waals surface area contributed by atoms with Crippen LogP contribution in [0.15, 0.2) is 69.5 Å². The van der Waals surface area contributed by atoms with Crippen molar-refractivity contribution in [3.63, 3.8) is 0 Å². The third-order valence-electron chi connectivity index (χ3n) is 5.25. The van der Waals surface area contributed by atoms with Crippen LogP contribution in [-0.4, -0.2) is 35.1 Å². The van der Waals surface area contributed by atoms with Crippen LogP contribution in [0.4, 0.5) is 0 Å². The minimum Gasteiger partial charge on any atom is -0.493 e. The molecule has 0 unspecified atom stereocenters. The number of carbonyl (C=O) groups is 1. The van der Waals surface area contributed by atoms with Gasteiger partial charge in [-0.05, 0) is 55.3 Å². The van der Waals surface area contributed by atoms with Crippen LogP contribution >= 0.6 is 0 Å². The molecular weight excluding hydrogens is 482 g/mol. The second kappa shape index (κ2) is 12.1. The summed E-state index contributed by atoms with van der Waals surface area (Å²) in [7, 11) is -0.603. The summed E-state index contributed by atoms with van der Waals surface area (Å²) >= 11 is 0. The molecule has 0 fully saturated rings. The number of nitrogens with zero attached hydrogens (tertiary/aromatic N) is 1. The number of hydrogen-bond acceptors (Lipinski definition) is 7. The minimum absolute atomic E-state index is 0.0799. The number of amides is 1. The summed E-state index contributed by atoms with van der Waals surface area (Å²) in [6.45, 7) is 2.09. The van der Waals surface area contributed by atoms with Gasteiger partial charge in [0.05, 0.1) is 25.7 Å². The van der Waals surface area contributed by atoms with Gasteiger partial charge in [0.2, 0.25) is 10.0 Å². The summed E-state index contributed by atoms with van der Waals surface area (Å²) in [5.41, 5.74) is 1.75. The number of hydrogen-bond donors (Lipinski definition) is 2. The number of nitriles is 1. The van der Waals surface area contributed by atoms with Gasteiger partial charge in [0, 0.05) is 12.6 Å². The van der Waals surface area contributed by atoms with Gasteiger partial charge in [0.1, 0.15) is 23.2 Å². The lowest BCUT2D eigenvalue weighted by atomic mass is 10.1. The van der Waals surface area contributed by atoms with Crippen LogP contribution in [0.2, 0.25) is 0 Å². The van der Waals surface area contributed by atoms with Crippen molar-refractivity contribution in [1.82, 2.24) is 10.0 Å². The maximum absolute atomic E-state index is 12.5. The van der Waals surface area contributed by atoms with Gasteiger partial charge in [-0.1, -0.05) is 23.8 Å². The predicted molar refractivity (Wildman–Crippen MR) is 134 cm³/mol. The summed E-state index contributed by atoms with van der Waals surface area (Å²) in [5.74, 6) is 1.25. The van der Waals surface area contributed by atoms with Gasteiger partial charge >= 0.3 is 0 Å². The zero-order chi connectivity index (χ0) is 26.1. The Kier molecular flexibility index (Phi) is 8.89. The molecule has 0 aliphatic rings. The first-order chi connectivity index (χ1) is 17.2. The molecule has 0 radical (unpaired) electrons. The summed E-state index contributed by atoms with van der Waals surface area (Å²) in [6, 6.07) is 17.0. The van der Waals surface area contributed by atoms with E-state index >= 15 is 0 Å². The number of furan rings is 1. The van der Waals surface area contributed by atoms with Crippen molar-refractivity contribution < 1.29 is 27.1 Å². The van der Waals surface area contributed by atoms with Crippen LogP contribution in [0, 0.1) is 18.3 Å². The second-order valence-electron chi connectivity index (χ2n) is 7.81. The Bertz CT molecular complexity index is 1390. The summed E-state index contributed by atoms with van der Waals surface area (Å²) in [5, 5.41) is 12.1. The monoisotopic (exact) mass is 509 g/mol. The van der Waals surface area contributed by atoms with Crippen LogP contribution in [0.25, 0.3) is 6.08 Å². The van der Waals surface area contributed by atoms with Crippen molar-refractivity contribution >= 4 is 22.0 Å². The van der Waals surface area contributed by atoms with Gasteiger partial charge in [0.25, 0.3) is 5.91 Å². The number of aryl methyl sites for hydroxylation is 1. The van der Waals surface area contributed by atoms with Crippen molar-refractivity contribution in [3.05, 3.63) is 82.8 Å². The Morgan fingerprint density at radius 3 is 2.44 bits per heavy atom. The average Bonchev–Trinajstić information content (AvgIpc) is 3.33. The summed E-state index contributed by atoms with van der Waals surface area (Å²) < 4.78 is 43.4. The van der Waals surface area contributed by atoms with Gasteiger partial charge in [-0.3, -0.25) is 4.79 Å². The second-order valence-corrected chi connectivity index (χ2v) is 9.57. The molecule has 0 saturated heterocycles. The average molecular weight is 510 g/mol. The van der Waals surface area contributed by atoms with Crippen LogP contribution in [0.1, 0.15) is 22.6 Å². The van der Waals surface area contributed by atoms with E-state index < -0.39 is 15.9 Å². The van der Waals surface area contributed by atoms with Gasteiger partial charge in [-0.25, -0.2) is 13.1 Å². The molecule has 3 aromatic rings. The first-order valence-electron chi connectivity index (χ1n) is 11.0. The van der Waals surface area contributed by atoms with E-state index in [-0.39, 0.29) is 22.8 Å². The Balaban J connectivity index is 1.57. The summed E-state index contributed by atoms with van der Waals surface area (Å²) in [6.07, 6.45) is 1.83. The lowest BCUT2D eigenvalue weighted by Crippen LogP contribution is -2.26. The van der Waals surface area contributed by atoms with Crippen molar-refractivity contribution in [3.8, 4) is 17.6 Å². The van der Waals surface area contributed by atoms with Gasteiger partial charge in [0.15, 0.2) is 11.5 Å². The third kappa shape index (κ3) is 6.97. The van der Waals surface area contributed by atoms with Gasteiger partial charge in [-0.2, -0.15) is 5.26 Å². The first kappa shape index (κ1) is 26.5. The number of benzene rings is 2. The molecule has 0 atom stereocenters. The summed E-state index contributed by atoms with van der Waals surface area (Å²) in [4.78, 5) is 12.6. The van der Waals surface area contributed by atoms with Crippen LogP contribution in [0.3, 0.4) is 0 Å². The Morgan fingerprint density at radius 2 is 1.78 bits per heavy atom. The molecule has 0 bridgehead atoms. The zero-order valence-electron chi connectivity index (χ0n) is 20.2. The molecule has 9 nitrogen and oxygen atoms in total. The van der Waals surface area contributed by atoms with Crippen molar-refractivity contribution in [2.24, 2.45) is 0 Å². The smallest absolute Gasteiger partial charge is 0.262 e. The van der Waals surface area contributed by atoms with Gasteiger partial charge < -0.3 is 19.2 Å². The molecule has 1 heterocycles. The highest BCUT2D eigenvalue weighted by Crippen LogP contribution is 2.27. The molecule has 2 N–H and O–H groups in total. The molecule has 0 aliphatic heterocycles. The fourth-order valence-electron chi connectivity index (χ4n) is 3.28. The van der Waals surface area contributed by atoms with Crippen molar-refractivity contribution in [2.45, 2.75) is 24.8 Å². The highest BCUT2D eigenvalue weighted by molar-refractivity contribution is 7.89. The van der Waals surface area contributed by atoms with E-state index in [0.717, 1.165) is 11.1 Å². The fourth-order valence-corrected chi connectivity index (χ4v) is 4.27. The molecule has 0 spiro atoms. The van der Waals surface area contributed by atoms with E-state index in [1.54, 1.807) is 44.6 Å². The molecule has 1 aromatic heterocycles. The lowest BCUT2D eigenvalue weighted by molar-refractivity contribution is -0.117. The van der Waals surface area contributed by atoms with Crippen molar-refractivity contribution in [1.29, 1.82) is 5.26 Å². The molecule has 36 heavy (non-hydrogen) atoms. The zero-order valence-corrected chi connectivity index (χ0v) is 21.0. The standard InChI is InChI=1S/C26H27N3O6S/c1-18-4-9-23(10-5-18)36(31,32)29-17-22-8-7-21(35-22)15-20(16-27)26(30)28-13-12-19-6-11-24(33-2)25(14-19)34-3/h4-11,14-15,29H,12-13,17H2,1-3H3,(H,28,30)/b20-15-. The minimum atomic E-state index is -3.71. The molecular formula is C26H27N3O6S. The maximum atomic E-state index is 12.5. The molecule has 10 heteroatoms. The molecule has 3 rings (SSSR count). The highest BCUT2D eigenvalue weighted by Gasteiger charge is 2.15. The maximum Gasteiger partial charge on any atom is 0.262 e. The predicted octanol–water partition coefficient (Wildman–Crippen LogP) is 3.35. The number of methoxy groups -OCH3 is 2. The Hall–Kier alpha value is -4.07. The van der Waals surface area contributed by atoms with Crippen LogP contribution in [-0.2, 0) is 27.8 Å². The molecule has 0 saturated carbocycles. The van der Waals surface area contributed by atoms with Gasteiger partial charge in [-0.15, -0.1) is 0 Å². The van der Waals surface area contributed by atoms with Crippen molar-refractivity contribution in [2.75, 3.05) is 20.8 Å². The van der Waals surface area contributed by atoms with E-state index in [4.69, 9.17) is 13.9 Å². The third-order valence-corrected chi connectivity index (χ3v) is 6.67. The first-order valence-corrected chi connectivity index (χ1v) is 12.5. The fraction of sp³-hybridized carbons (Fsp3) is 0.231. The SMILES string of the molecule is COc1ccc(CCNC(=O)/C(C#N)=C\c2ccc(CNS(=O)(=O)c3ccc(C)cc3)o2)cc1OC. The van der Waals surface area contributed by atoms with E-state index in [2.05, 4.69) is 10.0 Å². The van der Waals surface area contributed by atoms with E-state index in [9.17, 15) is 18.5 Å². The number of nitrogens with one attached hydrogen (secondary N) is 2. The number of carbonyl (C=O) groups excluding carboxylic acids is 1. The molecule has 188 valence electrons. The number of sulfonamides is 1. The Morgan fingerprint density at radius 1 is 1.06 bits per heavy atom. The molecule has 1 amide bonds. The van der Waals surface area contributed by atoms with E-state index in [0.29, 0.717) is 30.2 Å². The Labute approximate surface area is 210 Å². The molecule has 0 aliphatic carbocycles. The number of rotatable bonds is 11. The van der Waals surface area contributed by atoms with E-state index in [1.807, 2.05) is 25.1 Å². The quantitative estimate of drug-likeness (QED) is 0.299. The molecule has 2 aromatic carbocycles. The number of ether oxygens (including phenoxy) is 2. The highest BCUT2D eigenvalue weighted by atomic mass is 32.2. The normalized spacial score (nSPS) is 11.6. The van der Waals surface area contributed by atoms with Crippen LogP contribution in [0.5, 0.6) is 11.5 Å². The topological polar surface area (TPSA) is 131 Å².